The Bertz CT molecular complexity index is 533. The van der Waals surface area contributed by atoms with Crippen molar-refractivity contribution in [3.63, 3.8) is 0 Å². The predicted octanol–water partition coefficient (Wildman–Crippen LogP) is 3.93. The summed E-state index contributed by atoms with van der Waals surface area (Å²) in [5.41, 5.74) is -0.189. The van der Waals surface area contributed by atoms with E-state index in [0.29, 0.717) is 18.4 Å². The maximum absolute atomic E-state index is 12.7. The molecular weight excluding hydrogens is 378 g/mol. The van der Waals surface area contributed by atoms with E-state index < -0.39 is 11.5 Å². The Morgan fingerprint density at radius 2 is 1.47 bits per heavy atom. The molecular formula is C24H47N3O3. The fourth-order valence-electron chi connectivity index (χ4n) is 3.12. The van der Waals surface area contributed by atoms with E-state index in [1.807, 2.05) is 27.8 Å². The Morgan fingerprint density at radius 3 is 2.00 bits per heavy atom. The monoisotopic (exact) mass is 425 g/mol. The van der Waals surface area contributed by atoms with E-state index in [1.165, 1.54) is 17.7 Å². The van der Waals surface area contributed by atoms with Crippen molar-refractivity contribution in [3.8, 4) is 0 Å². The van der Waals surface area contributed by atoms with Crippen LogP contribution in [0.2, 0.25) is 0 Å². The van der Waals surface area contributed by atoms with E-state index in [2.05, 4.69) is 31.4 Å². The molecule has 0 aromatic rings. The molecule has 0 rings (SSSR count). The minimum absolute atomic E-state index is 0.0142. The van der Waals surface area contributed by atoms with Crippen LogP contribution in [0.5, 0.6) is 0 Å². The maximum atomic E-state index is 12.7. The number of nitrogens with zero attached hydrogens (tertiary/aromatic N) is 1. The second-order valence-corrected chi connectivity index (χ2v) is 10.6. The van der Waals surface area contributed by atoms with Crippen molar-refractivity contribution in [2.75, 3.05) is 27.2 Å². The molecule has 0 aliphatic heterocycles. The number of hydrogen-bond acceptors (Lipinski definition) is 4. The van der Waals surface area contributed by atoms with Crippen molar-refractivity contribution in [2.24, 2.45) is 10.8 Å². The highest BCUT2D eigenvalue weighted by Gasteiger charge is 2.32. The molecule has 0 fully saturated rings. The number of ketones is 1. The highest BCUT2D eigenvalue weighted by Crippen LogP contribution is 2.23. The highest BCUT2D eigenvalue weighted by molar-refractivity contribution is 5.94. The van der Waals surface area contributed by atoms with Crippen LogP contribution in [0, 0.1) is 10.8 Å². The average molecular weight is 426 g/mol. The predicted molar refractivity (Wildman–Crippen MR) is 124 cm³/mol. The first-order valence-corrected chi connectivity index (χ1v) is 11.5. The number of nitrogens with one attached hydrogen (secondary N) is 2. The van der Waals surface area contributed by atoms with Crippen LogP contribution < -0.4 is 10.6 Å². The fourth-order valence-corrected chi connectivity index (χ4v) is 3.12. The van der Waals surface area contributed by atoms with Gasteiger partial charge in [-0.25, -0.2) is 0 Å². The molecule has 0 aromatic heterocycles. The van der Waals surface area contributed by atoms with Gasteiger partial charge in [-0.3, -0.25) is 14.4 Å². The lowest BCUT2D eigenvalue weighted by molar-refractivity contribution is -0.141. The van der Waals surface area contributed by atoms with Crippen LogP contribution >= 0.6 is 0 Å². The Morgan fingerprint density at radius 1 is 0.867 bits per heavy atom. The molecule has 0 aromatic carbocycles. The number of rotatable bonds is 14. The average Bonchev–Trinajstić information content (AvgIpc) is 2.63. The van der Waals surface area contributed by atoms with E-state index in [1.54, 1.807) is 7.05 Å². The molecule has 0 aliphatic carbocycles. The Balaban J connectivity index is 4.75. The van der Waals surface area contributed by atoms with Crippen LogP contribution in [0.25, 0.3) is 0 Å². The number of carbonyl (C=O) groups excluding carboxylic acids is 3. The molecule has 1 atom stereocenters. The standard InChI is InChI=1S/C24H47N3O3/c1-23(2,3)15-12-10-9-11-14-21(29)27(8)19(18-20(28)24(4,5)6)22(30)26-17-13-16-25-7/h19,25H,9-18H2,1-8H3,(H,26,30). The minimum atomic E-state index is -0.750. The van der Waals surface area contributed by atoms with Gasteiger partial charge in [-0.15, -0.1) is 0 Å². The lowest BCUT2D eigenvalue weighted by Crippen LogP contribution is -2.50. The molecule has 6 nitrogen and oxygen atoms in total. The highest BCUT2D eigenvalue weighted by atomic mass is 16.2. The van der Waals surface area contributed by atoms with Gasteiger partial charge >= 0.3 is 0 Å². The van der Waals surface area contributed by atoms with Crippen LogP contribution in [0.3, 0.4) is 0 Å². The SMILES string of the molecule is CNCCCNC(=O)C(CC(=O)C(C)(C)C)N(C)C(=O)CCCCCCC(C)(C)C. The zero-order valence-electron chi connectivity index (χ0n) is 20.8. The lowest BCUT2D eigenvalue weighted by atomic mass is 9.86. The largest absolute Gasteiger partial charge is 0.354 e. The van der Waals surface area contributed by atoms with Crippen LogP contribution in [-0.4, -0.2) is 55.7 Å². The summed E-state index contributed by atoms with van der Waals surface area (Å²) in [6, 6.07) is -0.750. The summed E-state index contributed by atoms with van der Waals surface area (Å²) in [7, 11) is 3.51. The molecule has 176 valence electrons. The summed E-state index contributed by atoms with van der Waals surface area (Å²) in [6.07, 6.45) is 6.57. The normalized spacial score (nSPS) is 13.1. The molecule has 1 unspecified atom stereocenters. The van der Waals surface area contributed by atoms with E-state index in [0.717, 1.165) is 32.2 Å². The molecule has 6 heteroatoms. The summed E-state index contributed by atoms with van der Waals surface area (Å²) < 4.78 is 0. The second-order valence-electron chi connectivity index (χ2n) is 10.6. The van der Waals surface area contributed by atoms with Crippen LogP contribution in [0.1, 0.15) is 92.9 Å². The van der Waals surface area contributed by atoms with Gasteiger partial charge in [0.1, 0.15) is 11.8 Å². The third kappa shape index (κ3) is 13.0. The maximum Gasteiger partial charge on any atom is 0.243 e. The summed E-state index contributed by atoms with van der Waals surface area (Å²) in [5.74, 6) is -0.327. The summed E-state index contributed by atoms with van der Waals surface area (Å²) >= 11 is 0. The van der Waals surface area contributed by atoms with Crippen molar-refractivity contribution < 1.29 is 14.4 Å². The fraction of sp³-hybridized carbons (Fsp3) is 0.875. The van der Waals surface area contributed by atoms with Gasteiger partial charge in [0.2, 0.25) is 11.8 Å². The Hall–Kier alpha value is -1.43. The van der Waals surface area contributed by atoms with E-state index in [9.17, 15) is 14.4 Å². The lowest BCUT2D eigenvalue weighted by Gasteiger charge is -2.29. The second kappa shape index (κ2) is 13.8. The molecule has 0 spiro atoms. The molecule has 0 bridgehead atoms. The van der Waals surface area contributed by atoms with Gasteiger partial charge in [-0.1, -0.05) is 60.8 Å². The van der Waals surface area contributed by atoms with Gasteiger partial charge in [0.25, 0.3) is 0 Å². The van der Waals surface area contributed by atoms with Crippen molar-refractivity contribution in [1.82, 2.24) is 15.5 Å². The van der Waals surface area contributed by atoms with Gasteiger partial charge in [-0.2, -0.15) is 0 Å². The molecule has 2 N–H and O–H groups in total. The van der Waals surface area contributed by atoms with E-state index in [4.69, 9.17) is 0 Å². The van der Waals surface area contributed by atoms with Crippen LogP contribution in [-0.2, 0) is 14.4 Å². The summed E-state index contributed by atoms with van der Waals surface area (Å²) in [6.45, 7) is 13.6. The molecule has 0 saturated carbocycles. The smallest absolute Gasteiger partial charge is 0.243 e. The number of hydrogen-bond donors (Lipinski definition) is 2. The summed E-state index contributed by atoms with van der Waals surface area (Å²) in [4.78, 5) is 39.5. The van der Waals surface area contributed by atoms with Crippen LogP contribution in [0.4, 0.5) is 0 Å². The molecule has 0 aliphatic rings. The van der Waals surface area contributed by atoms with Gasteiger partial charge in [0, 0.05) is 31.8 Å². The number of carbonyl (C=O) groups is 3. The van der Waals surface area contributed by atoms with Crippen LogP contribution in [0.15, 0.2) is 0 Å². The zero-order chi connectivity index (χ0) is 23.4. The number of likely N-dealkylation sites (N-methyl/N-ethyl adjacent to an activating group) is 1. The molecule has 0 saturated heterocycles. The topological polar surface area (TPSA) is 78.5 Å². The van der Waals surface area contributed by atoms with Crippen molar-refractivity contribution in [3.05, 3.63) is 0 Å². The number of Topliss-reactive ketones (excluding diaryl/α,β-unsaturated/α-hetero) is 1. The van der Waals surface area contributed by atoms with Crippen molar-refractivity contribution in [2.45, 2.75) is 99.0 Å². The summed E-state index contributed by atoms with van der Waals surface area (Å²) in [5, 5.41) is 5.92. The first-order valence-electron chi connectivity index (χ1n) is 11.5. The van der Waals surface area contributed by atoms with E-state index >= 15 is 0 Å². The number of amides is 2. The quantitative estimate of drug-likeness (QED) is 0.413. The minimum Gasteiger partial charge on any atom is -0.354 e. The van der Waals surface area contributed by atoms with Gasteiger partial charge in [0.05, 0.1) is 0 Å². The van der Waals surface area contributed by atoms with Crippen molar-refractivity contribution >= 4 is 17.6 Å². The molecule has 0 heterocycles. The Labute approximate surface area is 184 Å². The first-order chi connectivity index (χ1) is 13.8. The number of unbranched alkanes of at least 4 members (excludes halogenated alkanes) is 3. The van der Waals surface area contributed by atoms with Crippen molar-refractivity contribution in [1.29, 1.82) is 0 Å². The van der Waals surface area contributed by atoms with Gasteiger partial charge in [-0.05, 0) is 38.3 Å². The molecule has 0 radical (unpaired) electrons. The van der Waals surface area contributed by atoms with Gasteiger partial charge in [0.15, 0.2) is 0 Å². The van der Waals surface area contributed by atoms with Gasteiger partial charge < -0.3 is 15.5 Å². The molecule has 30 heavy (non-hydrogen) atoms. The zero-order valence-corrected chi connectivity index (χ0v) is 20.8. The molecule has 2 amide bonds. The Kier molecular flexibility index (Phi) is 13.1. The first kappa shape index (κ1) is 28.6. The third-order valence-corrected chi connectivity index (χ3v) is 5.35. The third-order valence-electron chi connectivity index (χ3n) is 5.35. The van der Waals surface area contributed by atoms with E-state index in [-0.39, 0.29) is 24.0 Å².